The molecule has 26 heavy (non-hydrogen) atoms. The number of methoxy groups -OCH3 is 1. The first kappa shape index (κ1) is 19.1. The summed E-state index contributed by atoms with van der Waals surface area (Å²) in [5, 5.41) is 3.62. The van der Waals surface area contributed by atoms with Gasteiger partial charge in [0.25, 0.3) is 0 Å². The van der Waals surface area contributed by atoms with Crippen LogP contribution in [0.5, 0.6) is 0 Å². The molecule has 0 bridgehead atoms. The van der Waals surface area contributed by atoms with Gasteiger partial charge in [0.05, 0.1) is 12.0 Å². The Hall–Kier alpha value is -1.64. The van der Waals surface area contributed by atoms with Gasteiger partial charge in [0.15, 0.2) is 0 Å². The van der Waals surface area contributed by atoms with Gasteiger partial charge in [-0.1, -0.05) is 71.0 Å². The molecule has 0 amide bonds. The minimum absolute atomic E-state index is 0.120. The van der Waals surface area contributed by atoms with Crippen molar-refractivity contribution in [3.05, 3.63) is 58.7 Å². The molecule has 2 aromatic rings. The van der Waals surface area contributed by atoms with Gasteiger partial charge in [-0.2, -0.15) is 0 Å². The fraction of sp³-hybridized carbons (Fsp3) is 0.500. The molecule has 2 aromatic carbocycles. The van der Waals surface area contributed by atoms with Crippen molar-refractivity contribution in [1.29, 1.82) is 0 Å². The van der Waals surface area contributed by atoms with E-state index < -0.39 is 0 Å². The molecule has 1 aliphatic carbocycles. The number of rotatable bonds is 7. The van der Waals surface area contributed by atoms with E-state index in [0.29, 0.717) is 18.4 Å². The summed E-state index contributed by atoms with van der Waals surface area (Å²) in [6.45, 7) is 13.8. The van der Waals surface area contributed by atoms with Crippen LogP contribution < -0.4 is 5.32 Å². The average molecular weight is 352 g/mol. The summed E-state index contributed by atoms with van der Waals surface area (Å²) in [6, 6.07) is 14.1. The van der Waals surface area contributed by atoms with Crippen LogP contribution in [0.4, 0.5) is 0 Å². The molecule has 2 nitrogen and oxygen atoms in total. The smallest absolute Gasteiger partial charge is 0.0612 e. The highest BCUT2D eigenvalue weighted by Crippen LogP contribution is 2.50. The highest BCUT2D eigenvalue weighted by Gasteiger charge is 2.43. The summed E-state index contributed by atoms with van der Waals surface area (Å²) < 4.78 is 5.80. The number of hydrogen-bond acceptors (Lipinski definition) is 2. The zero-order valence-electron chi connectivity index (χ0n) is 17.1. The first-order chi connectivity index (χ1) is 12.4. The Balaban J connectivity index is 2.26. The van der Waals surface area contributed by atoms with E-state index in [-0.39, 0.29) is 5.41 Å². The predicted molar refractivity (Wildman–Crippen MR) is 111 cm³/mol. The zero-order chi connectivity index (χ0) is 18.9. The molecule has 0 saturated carbocycles. The summed E-state index contributed by atoms with van der Waals surface area (Å²) in [4.78, 5) is 0. The van der Waals surface area contributed by atoms with E-state index in [1.165, 1.54) is 33.4 Å². The molecule has 0 aliphatic heterocycles. The lowest BCUT2D eigenvalue weighted by atomic mass is 9.77. The van der Waals surface area contributed by atoms with E-state index in [4.69, 9.17) is 4.74 Å². The molecule has 3 rings (SSSR count). The van der Waals surface area contributed by atoms with Gasteiger partial charge in [-0.25, -0.2) is 0 Å². The summed E-state index contributed by atoms with van der Waals surface area (Å²) in [7, 11) is 1.82. The molecule has 140 valence electrons. The number of benzene rings is 2. The van der Waals surface area contributed by atoms with Gasteiger partial charge in [0.2, 0.25) is 0 Å². The van der Waals surface area contributed by atoms with E-state index in [9.17, 15) is 0 Å². The normalized spacial score (nSPS) is 14.8. The van der Waals surface area contributed by atoms with Gasteiger partial charge in [0.1, 0.15) is 0 Å². The van der Waals surface area contributed by atoms with Gasteiger partial charge in [-0.3, -0.25) is 0 Å². The largest absolute Gasteiger partial charge is 0.383 e. The number of nitrogens with one attached hydrogen (secondary N) is 1. The molecule has 0 heterocycles. The number of hydrogen-bond donors (Lipinski definition) is 1. The van der Waals surface area contributed by atoms with Crippen molar-refractivity contribution >= 4 is 0 Å². The second kappa shape index (κ2) is 7.54. The highest BCUT2D eigenvalue weighted by atomic mass is 16.5. The predicted octanol–water partition coefficient (Wildman–Crippen LogP) is 5.46. The van der Waals surface area contributed by atoms with E-state index in [0.717, 1.165) is 13.1 Å². The zero-order valence-corrected chi connectivity index (χ0v) is 17.1. The second-order valence-corrected chi connectivity index (χ2v) is 8.21. The third kappa shape index (κ3) is 3.10. The maximum absolute atomic E-state index is 5.80. The third-order valence-electron chi connectivity index (χ3n) is 5.81. The Labute approximate surface area is 159 Å². The minimum atomic E-state index is -0.120. The molecular formula is C24H33NO. The van der Waals surface area contributed by atoms with Crippen molar-refractivity contribution in [3.8, 4) is 11.1 Å². The second-order valence-electron chi connectivity index (χ2n) is 8.21. The summed E-state index contributed by atoms with van der Waals surface area (Å²) in [6.07, 6.45) is 0. The van der Waals surface area contributed by atoms with Crippen LogP contribution in [0.3, 0.4) is 0 Å². The van der Waals surface area contributed by atoms with Crippen LogP contribution in [0, 0.1) is 0 Å². The van der Waals surface area contributed by atoms with E-state index >= 15 is 0 Å². The van der Waals surface area contributed by atoms with Crippen LogP contribution in [0.25, 0.3) is 11.1 Å². The van der Waals surface area contributed by atoms with Crippen LogP contribution in [0.15, 0.2) is 36.4 Å². The first-order valence-electron chi connectivity index (χ1n) is 9.93. The monoisotopic (exact) mass is 351 g/mol. The molecule has 0 radical (unpaired) electrons. The lowest BCUT2D eigenvalue weighted by Crippen LogP contribution is -2.41. The lowest BCUT2D eigenvalue weighted by Gasteiger charge is -2.32. The highest BCUT2D eigenvalue weighted by molar-refractivity contribution is 5.82. The summed E-state index contributed by atoms with van der Waals surface area (Å²) in [5.41, 5.74) is 8.26. The quantitative estimate of drug-likeness (QED) is 0.715. The molecule has 0 aromatic heterocycles. The Kier molecular flexibility index (Phi) is 5.55. The molecule has 0 saturated heterocycles. The number of likely N-dealkylation sites (N-methyl/N-ethyl adjacent to an activating group) is 1. The van der Waals surface area contributed by atoms with Gasteiger partial charge < -0.3 is 10.1 Å². The first-order valence-corrected chi connectivity index (χ1v) is 9.93. The van der Waals surface area contributed by atoms with Crippen LogP contribution in [0.2, 0.25) is 0 Å². The van der Waals surface area contributed by atoms with Crippen molar-refractivity contribution in [3.63, 3.8) is 0 Å². The van der Waals surface area contributed by atoms with Gasteiger partial charge >= 0.3 is 0 Å². The number of fused-ring (bicyclic) bond motifs is 3. The van der Waals surface area contributed by atoms with Crippen molar-refractivity contribution in [2.75, 3.05) is 26.8 Å². The SMILES string of the molecule is CCNCC1(COC)c2cc(C(C)C)ccc2-c2ccc(C(C)C)cc21. The van der Waals surface area contributed by atoms with Gasteiger partial charge in [-0.15, -0.1) is 0 Å². The molecule has 1 N–H and O–H groups in total. The molecule has 1 aliphatic rings. The van der Waals surface area contributed by atoms with E-state index in [2.05, 4.69) is 76.3 Å². The van der Waals surface area contributed by atoms with E-state index in [1.807, 2.05) is 7.11 Å². The summed E-state index contributed by atoms with van der Waals surface area (Å²) in [5.74, 6) is 1.05. The fourth-order valence-corrected chi connectivity index (χ4v) is 4.23. The maximum atomic E-state index is 5.80. The molecule has 0 fully saturated rings. The molecular weight excluding hydrogens is 318 g/mol. The fourth-order valence-electron chi connectivity index (χ4n) is 4.23. The van der Waals surface area contributed by atoms with Crippen LogP contribution in [-0.2, 0) is 10.2 Å². The molecule has 0 atom stereocenters. The number of ether oxygens (including phenoxy) is 1. The average Bonchev–Trinajstić information content (AvgIpc) is 2.89. The van der Waals surface area contributed by atoms with E-state index in [1.54, 1.807) is 0 Å². The maximum Gasteiger partial charge on any atom is 0.0612 e. The van der Waals surface area contributed by atoms with Crippen molar-refractivity contribution < 1.29 is 4.74 Å². The Morgan fingerprint density at radius 3 is 1.77 bits per heavy atom. The molecule has 2 heteroatoms. The standard InChI is InChI=1S/C24H33NO/c1-7-25-14-24(15-26-6)22-12-18(16(2)3)8-10-20(22)21-11-9-19(17(4)5)13-23(21)24/h8-13,16-17,25H,7,14-15H2,1-6H3. The van der Waals surface area contributed by atoms with Gasteiger partial charge in [0, 0.05) is 13.7 Å². The summed E-state index contributed by atoms with van der Waals surface area (Å²) >= 11 is 0. The Morgan fingerprint density at radius 1 is 0.885 bits per heavy atom. The molecule has 0 spiro atoms. The molecule has 0 unspecified atom stereocenters. The van der Waals surface area contributed by atoms with Crippen LogP contribution in [0.1, 0.15) is 68.7 Å². The topological polar surface area (TPSA) is 21.3 Å². The minimum Gasteiger partial charge on any atom is -0.383 e. The van der Waals surface area contributed by atoms with Crippen molar-refractivity contribution in [2.24, 2.45) is 0 Å². The lowest BCUT2D eigenvalue weighted by molar-refractivity contribution is 0.148. The Morgan fingerprint density at radius 2 is 1.38 bits per heavy atom. The van der Waals surface area contributed by atoms with Crippen molar-refractivity contribution in [1.82, 2.24) is 5.32 Å². The Bertz CT molecular complexity index is 718. The van der Waals surface area contributed by atoms with Crippen molar-refractivity contribution in [2.45, 2.75) is 51.9 Å². The third-order valence-corrected chi connectivity index (χ3v) is 5.81. The van der Waals surface area contributed by atoms with Crippen LogP contribution >= 0.6 is 0 Å². The van der Waals surface area contributed by atoms with Gasteiger partial charge in [-0.05, 0) is 51.8 Å². The van der Waals surface area contributed by atoms with Crippen LogP contribution in [-0.4, -0.2) is 26.8 Å².